The Balaban J connectivity index is 2.70. The second kappa shape index (κ2) is 7.66. The van der Waals surface area contributed by atoms with E-state index in [2.05, 4.69) is 5.32 Å². The third-order valence-electron chi connectivity index (χ3n) is 2.39. The summed E-state index contributed by atoms with van der Waals surface area (Å²) in [5.41, 5.74) is 5.52. The number of hydrogen-bond donors (Lipinski definition) is 3. The van der Waals surface area contributed by atoms with E-state index in [9.17, 15) is 14.4 Å². The maximum atomic E-state index is 11.6. The zero-order valence-corrected chi connectivity index (χ0v) is 12.2. The van der Waals surface area contributed by atoms with Crippen molar-refractivity contribution in [1.82, 2.24) is 5.32 Å². The molecule has 1 aromatic rings. The molecule has 1 atom stereocenters. The van der Waals surface area contributed by atoms with Crippen LogP contribution in [0.3, 0.4) is 0 Å². The lowest BCUT2D eigenvalue weighted by atomic mass is 10.2. The number of carboxylic acid groups (broad SMARTS) is 1. The predicted octanol–water partition coefficient (Wildman–Crippen LogP) is 1.45. The highest BCUT2D eigenvalue weighted by molar-refractivity contribution is 6.42. The number of amides is 2. The molecule has 0 saturated heterocycles. The Morgan fingerprint density at radius 2 is 1.95 bits per heavy atom. The molecule has 0 heterocycles. The Morgan fingerprint density at radius 1 is 1.29 bits per heavy atom. The summed E-state index contributed by atoms with van der Waals surface area (Å²) < 4.78 is 0. The molecule has 6 nitrogen and oxygen atoms in total. The highest BCUT2D eigenvalue weighted by Gasteiger charge is 2.20. The van der Waals surface area contributed by atoms with Gasteiger partial charge in [0.1, 0.15) is 6.04 Å². The van der Waals surface area contributed by atoms with E-state index in [4.69, 9.17) is 34.0 Å². The van der Waals surface area contributed by atoms with E-state index >= 15 is 0 Å². The molecule has 1 aromatic carbocycles. The van der Waals surface area contributed by atoms with E-state index in [1.54, 1.807) is 18.2 Å². The average Bonchev–Trinajstić information content (AvgIpc) is 2.38. The van der Waals surface area contributed by atoms with Gasteiger partial charge in [-0.15, -0.1) is 0 Å². The number of carboxylic acids is 1. The lowest BCUT2D eigenvalue weighted by molar-refractivity contribution is -0.142. The molecular weight excluding hydrogens is 319 g/mol. The first-order valence-electron chi connectivity index (χ1n) is 5.74. The van der Waals surface area contributed by atoms with Crippen LogP contribution in [-0.4, -0.2) is 28.9 Å². The number of nitrogens with two attached hydrogens (primary N) is 1. The van der Waals surface area contributed by atoms with Crippen LogP contribution in [0.5, 0.6) is 0 Å². The van der Waals surface area contributed by atoms with Gasteiger partial charge in [-0.2, -0.15) is 0 Å². The first-order valence-corrected chi connectivity index (χ1v) is 6.50. The summed E-state index contributed by atoms with van der Waals surface area (Å²) in [6.07, 6.45) is 2.07. The Hall–Kier alpha value is -2.05. The van der Waals surface area contributed by atoms with E-state index in [0.717, 1.165) is 6.08 Å². The molecule has 4 N–H and O–H groups in total. The number of carbonyl (C=O) groups excluding carboxylic acids is 2. The molecule has 0 unspecified atom stereocenters. The van der Waals surface area contributed by atoms with Gasteiger partial charge >= 0.3 is 5.97 Å². The Labute approximate surface area is 130 Å². The Morgan fingerprint density at radius 3 is 2.48 bits per heavy atom. The van der Waals surface area contributed by atoms with Gasteiger partial charge < -0.3 is 16.2 Å². The average molecular weight is 331 g/mol. The van der Waals surface area contributed by atoms with E-state index < -0.39 is 30.2 Å². The smallest absolute Gasteiger partial charge is 0.326 e. The third kappa shape index (κ3) is 5.85. The molecule has 21 heavy (non-hydrogen) atoms. The number of benzene rings is 1. The second-order valence-corrected chi connectivity index (χ2v) is 4.89. The molecule has 0 aliphatic heterocycles. The molecule has 2 amide bonds. The minimum atomic E-state index is -1.37. The number of hydrogen-bond acceptors (Lipinski definition) is 3. The normalized spacial score (nSPS) is 12.1. The number of carbonyl (C=O) groups is 3. The summed E-state index contributed by atoms with van der Waals surface area (Å²) in [7, 11) is 0. The van der Waals surface area contributed by atoms with Crippen molar-refractivity contribution in [3.8, 4) is 0 Å². The fraction of sp³-hybridized carbons (Fsp3) is 0.154. The topological polar surface area (TPSA) is 109 Å². The van der Waals surface area contributed by atoms with Crippen molar-refractivity contribution in [3.05, 3.63) is 39.9 Å². The molecule has 1 rings (SSSR count). The van der Waals surface area contributed by atoms with Gasteiger partial charge in [-0.05, 0) is 23.8 Å². The molecule has 0 fully saturated rings. The quantitative estimate of drug-likeness (QED) is 0.685. The summed E-state index contributed by atoms with van der Waals surface area (Å²) in [6, 6.07) is 3.38. The van der Waals surface area contributed by atoms with Crippen molar-refractivity contribution < 1.29 is 19.5 Å². The van der Waals surface area contributed by atoms with Crippen LogP contribution in [-0.2, 0) is 14.4 Å². The van der Waals surface area contributed by atoms with Crippen LogP contribution in [0.25, 0.3) is 6.08 Å². The molecule has 0 saturated carbocycles. The summed E-state index contributed by atoms with van der Waals surface area (Å²) in [6.45, 7) is 0. The second-order valence-electron chi connectivity index (χ2n) is 4.08. The maximum Gasteiger partial charge on any atom is 0.326 e. The highest BCUT2D eigenvalue weighted by Crippen LogP contribution is 2.23. The lowest BCUT2D eigenvalue weighted by Gasteiger charge is -2.10. The van der Waals surface area contributed by atoms with Crippen LogP contribution in [0.15, 0.2) is 24.3 Å². The molecule has 8 heteroatoms. The van der Waals surface area contributed by atoms with E-state index in [1.165, 1.54) is 6.08 Å². The number of rotatable bonds is 6. The fourth-order valence-corrected chi connectivity index (χ4v) is 1.72. The monoisotopic (exact) mass is 330 g/mol. The van der Waals surface area contributed by atoms with Gasteiger partial charge in [-0.1, -0.05) is 29.3 Å². The van der Waals surface area contributed by atoms with Gasteiger partial charge in [0.05, 0.1) is 16.5 Å². The van der Waals surface area contributed by atoms with Crippen molar-refractivity contribution in [2.24, 2.45) is 5.73 Å². The van der Waals surface area contributed by atoms with Crippen LogP contribution in [0.4, 0.5) is 0 Å². The summed E-state index contributed by atoms with van der Waals surface area (Å²) in [5.74, 6) is -2.84. The van der Waals surface area contributed by atoms with Crippen LogP contribution in [0.1, 0.15) is 12.0 Å². The van der Waals surface area contributed by atoms with Crippen molar-refractivity contribution in [3.63, 3.8) is 0 Å². The zero-order chi connectivity index (χ0) is 16.0. The van der Waals surface area contributed by atoms with Crippen LogP contribution < -0.4 is 11.1 Å². The minimum absolute atomic E-state index is 0.330. The van der Waals surface area contributed by atoms with Gasteiger partial charge in [0, 0.05) is 6.08 Å². The SMILES string of the molecule is NC(=O)C[C@H](NC(=O)C=Cc1ccc(Cl)c(Cl)c1)C(=O)O. The standard InChI is InChI=1S/C13H12Cl2N2O4/c14-8-3-1-7(5-9(8)15)2-4-12(19)17-10(13(20)21)6-11(16)18/h1-5,10H,6H2,(H2,16,18)(H,17,19)(H,20,21)/t10-/m0/s1. The van der Waals surface area contributed by atoms with Gasteiger partial charge in [0.2, 0.25) is 11.8 Å². The summed E-state index contributed by atoms with van der Waals surface area (Å²) >= 11 is 11.6. The van der Waals surface area contributed by atoms with Crippen molar-refractivity contribution in [2.45, 2.75) is 12.5 Å². The highest BCUT2D eigenvalue weighted by atomic mass is 35.5. The molecule has 0 bridgehead atoms. The lowest BCUT2D eigenvalue weighted by Crippen LogP contribution is -2.42. The van der Waals surface area contributed by atoms with Gasteiger partial charge in [0.15, 0.2) is 0 Å². The predicted molar refractivity (Wildman–Crippen MR) is 78.9 cm³/mol. The van der Waals surface area contributed by atoms with Crippen molar-refractivity contribution in [2.75, 3.05) is 0 Å². The largest absolute Gasteiger partial charge is 0.480 e. The molecule has 0 spiro atoms. The van der Waals surface area contributed by atoms with E-state index in [0.29, 0.717) is 15.6 Å². The van der Waals surface area contributed by atoms with Crippen molar-refractivity contribution in [1.29, 1.82) is 0 Å². The number of nitrogens with one attached hydrogen (secondary N) is 1. The number of aliphatic carboxylic acids is 1. The van der Waals surface area contributed by atoms with E-state index in [1.807, 2.05) is 0 Å². The minimum Gasteiger partial charge on any atom is -0.480 e. The number of halogens is 2. The first-order chi connectivity index (χ1) is 9.79. The van der Waals surface area contributed by atoms with Gasteiger partial charge in [-0.25, -0.2) is 4.79 Å². The molecule has 0 radical (unpaired) electrons. The molecule has 0 aliphatic rings. The van der Waals surface area contributed by atoms with E-state index in [-0.39, 0.29) is 0 Å². The number of primary amides is 1. The fourth-order valence-electron chi connectivity index (χ4n) is 1.41. The first kappa shape index (κ1) is 17.0. The van der Waals surface area contributed by atoms with Crippen LogP contribution in [0.2, 0.25) is 10.0 Å². The van der Waals surface area contributed by atoms with Gasteiger partial charge in [-0.3, -0.25) is 9.59 Å². The third-order valence-corrected chi connectivity index (χ3v) is 3.13. The van der Waals surface area contributed by atoms with Crippen molar-refractivity contribution >= 4 is 47.1 Å². The Kier molecular flexibility index (Phi) is 6.20. The van der Waals surface area contributed by atoms with Crippen LogP contribution >= 0.6 is 23.2 Å². The maximum absolute atomic E-state index is 11.6. The molecule has 0 aromatic heterocycles. The van der Waals surface area contributed by atoms with Gasteiger partial charge in [0.25, 0.3) is 0 Å². The molecule has 0 aliphatic carbocycles. The van der Waals surface area contributed by atoms with Crippen LogP contribution in [0, 0.1) is 0 Å². The summed E-state index contributed by atoms with van der Waals surface area (Å²) in [4.78, 5) is 33.1. The molecular formula is C13H12Cl2N2O4. The molecule has 112 valence electrons. The zero-order valence-electron chi connectivity index (χ0n) is 10.7. The Bertz CT molecular complexity index is 602. The summed E-state index contributed by atoms with van der Waals surface area (Å²) in [5, 5.41) is 11.7.